The maximum Gasteiger partial charge on any atom is 0.120 e. The van der Waals surface area contributed by atoms with Crippen LogP contribution in [-0.2, 0) is 6.54 Å². The molecule has 1 heterocycles. The first-order valence-electron chi connectivity index (χ1n) is 6.77. The molecule has 1 aromatic carbocycles. The number of nitrogens with one attached hydrogen (secondary N) is 1. The van der Waals surface area contributed by atoms with Gasteiger partial charge in [-0.1, -0.05) is 23.7 Å². The van der Waals surface area contributed by atoms with Crippen LogP contribution in [0.3, 0.4) is 0 Å². The highest BCUT2D eigenvalue weighted by Gasteiger charge is 2.07. The molecule has 0 bridgehead atoms. The van der Waals surface area contributed by atoms with Crippen LogP contribution >= 0.6 is 22.9 Å². The summed E-state index contributed by atoms with van der Waals surface area (Å²) in [6.07, 6.45) is 0.196. The predicted molar refractivity (Wildman–Crippen MR) is 86.8 cm³/mol. The standard InChI is InChI=1S/C16H20ClNOS/c1-11(2)19-15-6-4-5-13(7-15)12(3)18-9-16-8-14(17)10-20-16/h4-8,10-12,18H,9H2,1-3H3. The van der Waals surface area contributed by atoms with Gasteiger partial charge in [-0.3, -0.25) is 0 Å². The molecule has 0 aliphatic carbocycles. The van der Waals surface area contributed by atoms with Crippen molar-refractivity contribution >= 4 is 22.9 Å². The van der Waals surface area contributed by atoms with Crippen LogP contribution in [0.5, 0.6) is 5.75 Å². The predicted octanol–water partition coefficient (Wildman–Crippen LogP) is 5.04. The lowest BCUT2D eigenvalue weighted by molar-refractivity contribution is 0.242. The van der Waals surface area contributed by atoms with Crippen molar-refractivity contribution < 1.29 is 4.74 Å². The number of rotatable bonds is 6. The topological polar surface area (TPSA) is 21.3 Å². The lowest BCUT2D eigenvalue weighted by Crippen LogP contribution is -2.17. The normalized spacial score (nSPS) is 12.7. The van der Waals surface area contributed by atoms with E-state index < -0.39 is 0 Å². The van der Waals surface area contributed by atoms with Gasteiger partial charge in [0.15, 0.2) is 0 Å². The van der Waals surface area contributed by atoms with E-state index in [0.717, 1.165) is 17.3 Å². The highest BCUT2D eigenvalue weighted by molar-refractivity contribution is 7.10. The van der Waals surface area contributed by atoms with E-state index in [4.69, 9.17) is 16.3 Å². The van der Waals surface area contributed by atoms with Crippen LogP contribution in [0.25, 0.3) is 0 Å². The van der Waals surface area contributed by atoms with Gasteiger partial charge in [0.05, 0.1) is 11.1 Å². The molecule has 2 aromatic rings. The molecule has 0 saturated heterocycles. The van der Waals surface area contributed by atoms with Crippen molar-refractivity contribution in [2.24, 2.45) is 0 Å². The van der Waals surface area contributed by atoms with E-state index in [-0.39, 0.29) is 12.1 Å². The minimum absolute atomic E-state index is 0.196. The lowest BCUT2D eigenvalue weighted by Gasteiger charge is -2.16. The van der Waals surface area contributed by atoms with Crippen molar-refractivity contribution in [1.29, 1.82) is 0 Å². The first-order chi connectivity index (χ1) is 9.54. The first-order valence-corrected chi connectivity index (χ1v) is 8.03. The fraction of sp³-hybridized carbons (Fsp3) is 0.375. The molecule has 2 rings (SSSR count). The fourth-order valence-electron chi connectivity index (χ4n) is 1.95. The molecule has 0 amide bonds. The summed E-state index contributed by atoms with van der Waals surface area (Å²) >= 11 is 7.61. The molecule has 108 valence electrons. The van der Waals surface area contributed by atoms with Crippen LogP contribution in [0.2, 0.25) is 5.02 Å². The molecule has 0 fully saturated rings. The third-order valence-corrected chi connectivity index (χ3v) is 4.22. The maximum absolute atomic E-state index is 5.93. The van der Waals surface area contributed by atoms with Gasteiger partial charge in [-0.25, -0.2) is 0 Å². The molecular weight excluding hydrogens is 290 g/mol. The van der Waals surface area contributed by atoms with Gasteiger partial charge in [-0.2, -0.15) is 0 Å². The van der Waals surface area contributed by atoms with Gasteiger partial charge in [-0.05, 0) is 44.5 Å². The van der Waals surface area contributed by atoms with Crippen LogP contribution in [0.15, 0.2) is 35.7 Å². The second kappa shape index (κ2) is 7.11. The molecule has 20 heavy (non-hydrogen) atoms. The molecule has 1 unspecified atom stereocenters. The Hall–Kier alpha value is -1.03. The summed E-state index contributed by atoms with van der Waals surface area (Å²) in [6.45, 7) is 7.06. The van der Waals surface area contributed by atoms with Crippen molar-refractivity contribution in [3.8, 4) is 5.75 Å². The summed E-state index contributed by atoms with van der Waals surface area (Å²) in [5.74, 6) is 0.922. The lowest BCUT2D eigenvalue weighted by atomic mass is 10.1. The second-order valence-corrected chi connectivity index (χ2v) is 6.51. The molecule has 0 spiro atoms. The Morgan fingerprint density at radius 3 is 2.70 bits per heavy atom. The molecule has 0 radical (unpaired) electrons. The number of halogens is 1. The number of ether oxygens (including phenoxy) is 1. The van der Waals surface area contributed by atoms with E-state index in [1.54, 1.807) is 11.3 Å². The van der Waals surface area contributed by atoms with Crippen LogP contribution in [-0.4, -0.2) is 6.10 Å². The molecule has 0 saturated carbocycles. The van der Waals surface area contributed by atoms with Crippen molar-refractivity contribution in [1.82, 2.24) is 5.32 Å². The summed E-state index contributed by atoms with van der Waals surface area (Å²) in [5, 5.41) is 6.28. The Morgan fingerprint density at radius 2 is 2.05 bits per heavy atom. The zero-order valence-corrected chi connectivity index (χ0v) is 13.6. The molecule has 0 aliphatic heterocycles. The summed E-state index contributed by atoms with van der Waals surface area (Å²) in [5.41, 5.74) is 1.23. The largest absolute Gasteiger partial charge is 0.491 e. The minimum atomic E-state index is 0.196. The van der Waals surface area contributed by atoms with Gasteiger partial charge >= 0.3 is 0 Å². The van der Waals surface area contributed by atoms with E-state index in [2.05, 4.69) is 24.4 Å². The van der Waals surface area contributed by atoms with Gasteiger partial charge in [0.25, 0.3) is 0 Å². The molecule has 1 atom stereocenters. The Bertz CT molecular complexity index is 553. The highest BCUT2D eigenvalue weighted by Crippen LogP contribution is 2.22. The summed E-state index contributed by atoms with van der Waals surface area (Å²) in [4.78, 5) is 1.25. The SMILES string of the molecule is CC(C)Oc1cccc(C(C)NCc2cc(Cl)cs2)c1. The third-order valence-electron chi connectivity index (χ3n) is 2.93. The van der Waals surface area contributed by atoms with Crippen molar-refractivity contribution in [3.05, 3.63) is 51.2 Å². The monoisotopic (exact) mass is 309 g/mol. The van der Waals surface area contributed by atoms with E-state index in [9.17, 15) is 0 Å². The van der Waals surface area contributed by atoms with Gasteiger partial charge in [0.2, 0.25) is 0 Å². The van der Waals surface area contributed by atoms with E-state index in [1.807, 2.05) is 37.4 Å². The van der Waals surface area contributed by atoms with Crippen molar-refractivity contribution in [2.45, 2.75) is 39.5 Å². The number of thiophene rings is 1. The average molecular weight is 310 g/mol. The molecule has 1 aromatic heterocycles. The zero-order chi connectivity index (χ0) is 14.5. The Balaban J connectivity index is 1.96. The third kappa shape index (κ3) is 4.51. The fourth-order valence-corrected chi connectivity index (χ4v) is 2.97. The quantitative estimate of drug-likeness (QED) is 0.807. The van der Waals surface area contributed by atoms with E-state index in [1.165, 1.54) is 10.4 Å². The van der Waals surface area contributed by atoms with E-state index >= 15 is 0 Å². The van der Waals surface area contributed by atoms with Crippen molar-refractivity contribution in [3.63, 3.8) is 0 Å². The average Bonchev–Trinajstić information content (AvgIpc) is 2.81. The maximum atomic E-state index is 5.93. The van der Waals surface area contributed by atoms with Gasteiger partial charge in [0, 0.05) is 22.8 Å². The number of benzene rings is 1. The number of hydrogen-bond acceptors (Lipinski definition) is 3. The Kier molecular flexibility index (Phi) is 5.46. The Morgan fingerprint density at radius 1 is 1.25 bits per heavy atom. The molecule has 4 heteroatoms. The summed E-state index contributed by atoms with van der Waals surface area (Å²) in [7, 11) is 0. The van der Waals surface area contributed by atoms with Crippen LogP contribution in [0.4, 0.5) is 0 Å². The summed E-state index contributed by atoms with van der Waals surface area (Å²) < 4.78 is 5.73. The Labute approximate surface area is 129 Å². The van der Waals surface area contributed by atoms with Crippen molar-refractivity contribution in [2.75, 3.05) is 0 Å². The highest BCUT2D eigenvalue weighted by atomic mass is 35.5. The number of hydrogen-bond donors (Lipinski definition) is 1. The zero-order valence-electron chi connectivity index (χ0n) is 12.0. The first kappa shape index (κ1) is 15.4. The van der Waals surface area contributed by atoms with Gasteiger partial charge in [-0.15, -0.1) is 11.3 Å². The molecule has 2 nitrogen and oxygen atoms in total. The van der Waals surface area contributed by atoms with Crippen LogP contribution in [0.1, 0.15) is 37.3 Å². The van der Waals surface area contributed by atoms with Gasteiger partial charge in [0.1, 0.15) is 5.75 Å². The van der Waals surface area contributed by atoms with E-state index in [0.29, 0.717) is 0 Å². The molecule has 0 aliphatic rings. The van der Waals surface area contributed by atoms with Crippen LogP contribution < -0.4 is 10.1 Å². The van der Waals surface area contributed by atoms with Crippen LogP contribution in [0, 0.1) is 0 Å². The molecule has 1 N–H and O–H groups in total. The second-order valence-electron chi connectivity index (χ2n) is 5.07. The van der Waals surface area contributed by atoms with Gasteiger partial charge < -0.3 is 10.1 Å². The summed E-state index contributed by atoms with van der Waals surface area (Å²) in [6, 6.07) is 10.5. The smallest absolute Gasteiger partial charge is 0.120 e. The molecular formula is C16H20ClNOS. The minimum Gasteiger partial charge on any atom is -0.491 e.